The minimum absolute atomic E-state index is 0.142. The van der Waals surface area contributed by atoms with Gasteiger partial charge in [0.1, 0.15) is 11.6 Å². The summed E-state index contributed by atoms with van der Waals surface area (Å²) in [5, 5.41) is 12.8. The van der Waals surface area contributed by atoms with Crippen molar-refractivity contribution in [2.24, 2.45) is 0 Å². The monoisotopic (exact) mass is 491 g/mol. The summed E-state index contributed by atoms with van der Waals surface area (Å²) in [6, 6.07) is 19.8. The number of rotatable bonds is 3. The Labute approximate surface area is 202 Å². The van der Waals surface area contributed by atoms with E-state index < -0.39 is 46.6 Å². The van der Waals surface area contributed by atoms with Gasteiger partial charge in [0.15, 0.2) is 0 Å². The molecule has 4 aromatic carbocycles. The molecule has 0 radical (unpaired) electrons. The highest BCUT2D eigenvalue weighted by molar-refractivity contribution is 6.51. The first-order chi connectivity index (χ1) is 17.2. The number of amides is 1. The normalized spacial score (nSPS) is 17.7. The molecule has 4 nitrogen and oxygen atoms in total. The minimum Gasteiger partial charge on any atom is -0.507 e. The molecule has 1 amide bonds. The van der Waals surface area contributed by atoms with Gasteiger partial charge in [-0.2, -0.15) is 13.2 Å². The maximum absolute atomic E-state index is 15.0. The molecular formula is C28H17F4NO3. The van der Waals surface area contributed by atoms with Crippen LogP contribution in [0.5, 0.6) is 0 Å². The smallest absolute Gasteiger partial charge is 0.416 e. The van der Waals surface area contributed by atoms with Gasteiger partial charge in [0.2, 0.25) is 0 Å². The number of alkyl halides is 3. The van der Waals surface area contributed by atoms with Crippen molar-refractivity contribution in [3.63, 3.8) is 0 Å². The molecule has 5 rings (SSSR count). The molecule has 1 N–H and O–H groups in total. The van der Waals surface area contributed by atoms with Gasteiger partial charge in [-0.25, -0.2) is 4.39 Å². The van der Waals surface area contributed by atoms with Gasteiger partial charge >= 0.3 is 6.18 Å². The first kappa shape index (κ1) is 23.3. The van der Waals surface area contributed by atoms with Crippen molar-refractivity contribution < 1.29 is 32.3 Å². The zero-order valence-corrected chi connectivity index (χ0v) is 18.5. The van der Waals surface area contributed by atoms with E-state index in [1.165, 1.54) is 24.3 Å². The van der Waals surface area contributed by atoms with Crippen LogP contribution in [-0.2, 0) is 15.8 Å². The van der Waals surface area contributed by atoms with Crippen LogP contribution in [0.15, 0.2) is 96.6 Å². The summed E-state index contributed by atoms with van der Waals surface area (Å²) in [4.78, 5) is 27.1. The number of ketones is 1. The molecule has 0 aliphatic carbocycles. The zero-order valence-electron chi connectivity index (χ0n) is 18.5. The summed E-state index contributed by atoms with van der Waals surface area (Å²) < 4.78 is 55.1. The average Bonchev–Trinajstić information content (AvgIpc) is 3.13. The molecule has 0 spiro atoms. The second-order valence-corrected chi connectivity index (χ2v) is 8.30. The van der Waals surface area contributed by atoms with Crippen LogP contribution in [0, 0.1) is 5.82 Å². The van der Waals surface area contributed by atoms with E-state index in [1.807, 2.05) is 12.1 Å². The van der Waals surface area contributed by atoms with Gasteiger partial charge in [0.25, 0.3) is 11.7 Å². The number of Topliss-reactive ketones (excluding diaryl/α,β-unsaturated/α-hetero) is 1. The van der Waals surface area contributed by atoms with Crippen molar-refractivity contribution in [3.8, 4) is 0 Å². The van der Waals surface area contributed by atoms with Crippen molar-refractivity contribution >= 4 is 33.9 Å². The maximum atomic E-state index is 15.0. The van der Waals surface area contributed by atoms with E-state index in [2.05, 4.69) is 0 Å². The molecule has 8 heteroatoms. The number of aliphatic hydroxyl groups is 1. The molecule has 36 heavy (non-hydrogen) atoms. The lowest BCUT2D eigenvalue weighted by molar-refractivity contribution is -0.137. The predicted octanol–water partition coefficient (Wildman–Crippen LogP) is 6.62. The topological polar surface area (TPSA) is 57.6 Å². The first-order valence-electron chi connectivity index (χ1n) is 10.9. The van der Waals surface area contributed by atoms with E-state index in [0.29, 0.717) is 0 Å². The lowest BCUT2D eigenvalue weighted by atomic mass is 9.94. The van der Waals surface area contributed by atoms with Crippen LogP contribution < -0.4 is 4.90 Å². The highest BCUT2D eigenvalue weighted by atomic mass is 19.4. The van der Waals surface area contributed by atoms with Crippen molar-refractivity contribution in [3.05, 3.63) is 119 Å². The largest absolute Gasteiger partial charge is 0.507 e. The Balaban J connectivity index is 1.74. The first-order valence-corrected chi connectivity index (χ1v) is 10.9. The van der Waals surface area contributed by atoms with E-state index in [1.54, 1.807) is 30.3 Å². The molecule has 4 aromatic rings. The number of anilines is 1. The summed E-state index contributed by atoms with van der Waals surface area (Å²) in [6.45, 7) is 0. The van der Waals surface area contributed by atoms with Crippen LogP contribution in [0.4, 0.5) is 23.2 Å². The third-order valence-electron chi connectivity index (χ3n) is 6.12. The van der Waals surface area contributed by atoms with Crippen LogP contribution in [0.25, 0.3) is 16.5 Å². The standard InChI is InChI=1S/C28H17F4NO3/c29-22-11-4-3-10-21(22)24-23(25(34)18-13-12-16-6-1-2-7-17(16)14-18)26(35)27(36)33(24)20-9-5-8-19(15-20)28(30,31)32/h1-15,24,34H/b25-23+. The van der Waals surface area contributed by atoms with Crippen molar-refractivity contribution in [2.75, 3.05) is 4.90 Å². The molecule has 1 atom stereocenters. The van der Waals surface area contributed by atoms with E-state index in [0.717, 1.165) is 39.9 Å². The number of benzene rings is 4. The zero-order chi connectivity index (χ0) is 25.6. The van der Waals surface area contributed by atoms with Crippen molar-refractivity contribution in [1.29, 1.82) is 0 Å². The Morgan fingerprint density at radius 3 is 2.22 bits per heavy atom. The Hall–Kier alpha value is -4.46. The Morgan fingerprint density at radius 2 is 1.50 bits per heavy atom. The maximum Gasteiger partial charge on any atom is 0.416 e. The Morgan fingerprint density at radius 1 is 0.806 bits per heavy atom. The van der Waals surface area contributed by atoms with Gasteiger partial charge in [-0.05, 0) is 41.1 Å². The van der Waals surface area contributed by atoms with Crippen LogP contribution >= 0.6 is 0 Å². The van der Waals surface area contributed by atoms with Gasteiger partial charge in [0, 0.05) is 16.8 Å². The molecule has 1 fully saturated rings. The van der Waals surface area contributed by atoms with Gasteiger partial charge in [-0.15, -0.1) is 0 Å². The number of fused-ring (bicyclic) bond motifs is 1. The van der Waals surface area contributed by atoms with Crippen LogP contribution in [0.2, 0.25) is 0 Å². The Kier molecular flexibility index (Phi) is 5.59. The van der Waals surface area contributed by atoms with Crippen LogP contribution in [-0.4, -0.2) is 16.8 Å². The SMILES string of the molecule is O=C1C(=O)N(c2cccc(C(F)(F)F)c2)C(c2ccccc2F)/C1=C(\O)c1ccc2ccccc2c1. The molecule has 0 saturated carbocycles. The summed E-state index contributed by atoms with van der Waals surface area (Å²) in [5.41, 5.74) is -1.65. The molecule has 180 valence electrons. The van der Waals surface area contributed by atoms with Crippen LogP contribution in [0.1, 0.15) is 22.7 Å². The lowest BCUT2D eigenvalue weighted by Gasteiger charge is -2.26. The second kappa shape index (κ2) is 8.64. The van der Waals surface area contributed by atoms with Gasteiger partial charge in [-0.3, -0.25) is 14.5 Å². The van der Waals surface area contributed by atoms with E-state index in [-0.39, 0.29) is 16.8 Å². The third-order valence-corrected chi connectivity index (χ3v) is 6.12. The fourth-order valence-electron chi connectivity index (χ4n) is 4.41. The highest BCUT2D eigenvalue weighted by Crippen LogP contribution is 2.44. The summed E-state index contributed by atoms with van der Waals surface area (Å²) in [5.74, 6) is -3.65. The quantitative estimate of drug-likeness (QED) is 0.152. The minimum atomic E-state index is -4.71. The van der Waals surface area contributed by atoms with Crippen molar-refractivity contribution in [2.45, 2.75) is 12.2 Å². The number of carbonyl (C=O) groups is 2. The third kappa shape index (κ3) is 3.90. The fourth-order valence-corrected chi connectivity index (χ4v) is 4.41. The predicted molar refractivity (Wildman–Crippen MR) is 127 cm³/mol. The number of aliphatic hydroxyl groups excluding tert-OH is 1. The lowest BCUT2D eigenvalue weighted by Crippen LogP contribution is -2.30. The highest BCUT2D eigenvalue weighted by Gasteiger charge is 2.48. The number of nitrogens with zero attached hydrogens (tertiary/aromatic N) is 1. The summed E-state index contributed by atoms with van der Waals surface area (Å²) in [6.07, 6.45) is -4.71. The molecule has 1 aliphatic heterocycles. The van der Waals surface area contributed by atoms with Crippen molar-refractivity contribution in [1.82, 2.24) is 0 Å². The van der Waals surface area contributed by atoms with Crippen LogP contribution in [0.3, 0.4) is 0 Å². The molecule has 0 bridgehead atoms. The molecule has 1 saturated heterocycles. The van der Waals surface area contributed by atoms with E-state index >= 15 is 0 Å². The average molecular weight is 491 g/mol. The molecule has 1 aliphatic rings. The Bertz CT molecular complexity index is 1560. The van der Waals surface area contributed by atoms with E-state index in [4.69, 9.17) is 0 Å². The number of halogens is 4. The molecule has 1 heterocycles. The fraction of sp³-hybridized carbons (Fsp3) is 0.0714. The molecule has 0 aromatic heterocycles. The summed E-state index contributed by atoms with van der Waals surface area (Å²) >= 11 is 0. The number of carbonyl (C=O) groups excluding carboxylic acids is 2. The van der Waals surface area contributed by atoms with E-state index in [9.17, 15) is 32.3 Å². The summed E-state index contributed by atoms with van der Waals surface area (Å²) in [7, 11) is 0. The second-order valence-electron chi connectivity index (χ2n) is 8.30. The van der Waals surface area contributed by atoms with Gasteiger partial charge in [0.05, 0.1) is 17.2 Å². The van der Waals surface area contributed by atoms with Gasteiger partial charge in [-0.1, -0.05) is 60.7 Å². The number of hydrogen-bond acceptors (Lipinski definition) is 3. The van der Waals surface area contributed by atoms with Gasteiger partial charge < -0.3 is 5.11 Å². The molecular weight excluding hydrogens is 474 g/mol. The molecule has 1 unspecified atom stereocenters. The number of hydrogen-bond donors (Lipinski definition) is 1.